The molecule has 0 radical (unpaired) electrons. The molecule has 0 unspecified atom stereocenters. The van der Waals surface area contributed by atoms with E-state index < -0.39 is 18.5 Å². The zero-order chi connectivity index (χ0) is 8.43. The van der Waals surface area contributed by atoms with Crippen LogP contribution < -0.4 is 0 Å². The van der Waals surface area contributed by atoms with Gasteiger partial charge in [-0.2, -0.15) is 0 Å². The third-order valence-corrected chi connectivity index (χ3v) is 1.88. The maximum absolute atomic E-state index is 9.34. The van der Waals surface area contributed by atoms with Gasteiger partial charge in [-0.3, -0.25) is 0 Å². The first kappa shape index (κ1) is 8.93. The Morgan fingerprint density at radius 3 is 2.55 bits per heavy atom. The Labute approximate surface area is 65.7 Å². The van der Waals surface area contributed by atoms with Crippen LogP contribution in [0.1, 0.15) is 13.3 Å². The van der Waals surface area contributed by atoms with Crippen LogP contribution in [0.15, 0.2) is 0 Å². The van der Waals surface area contributed by atoms with Crippen LogP contribution in [0.3, 0.4) is 0 Å². The van der Waals surface area contributed by atoms with Crippen molar-refractivity contribution >= 4 is 0 Å². The van der Waals surface area contributed by atoms with Crippen molar-refractivity contribution in [2.75, 3.05) is 7.11 Å². The van der Waals surface area contributed by atoms with Gasteiger partial charge in [0.2, 0.25) is 0 Å². The number of methoxy groups -OCH3 is 1. The van der Waals surface area contributed by atoms with Crippen LogP contribution in [0.4, 0.5) is 0 Å². The lowest BCUT2D eigenvalue weighted by atomic mass is 10.0. The quantitative estimate of drug-likeness (QED) is 0.545. The number of aliphatic hydroxyl groups is 2. The molecule has 0 aromatic heterocycles. The highest BCUT2D eigenvalue weighted by molar-refractivity contribution is 4.79. The number of aliphatic hydroxyl groups excluding tert-OH is 2. The average molecular weight is 162 g/mol. The monoisotopic (exact) mass is 162 g/mol. The van der Waals surface area contributed by atoms with E-state index in [0.29, 0.717) is 6.42 Å². The maximum atomic E-state index is 9.34. The van der Waals surface area contributed by atoms with E-state index >= 15 is 0 Å². The highest BCUT2D eigenvalue weighted by Gasteiger charge is 2.34. The van der Waals surface area contributed by atoms with Crippen LogP contribution in [0.2, 0.25) is 0 Å². The molecule has 1 aliphatic heterocycles. The van der Waals surface area contributed by atoms with Gasteiger partial charge in [0.1, 0.15) is 6.10 Å². The van der Waals surface area contributed by atoms with Crippen molar-refractivity contribution in [2.24, 2.45) is 0 Å². The van der Waals surface area contributed by atoms with Gasteiger partial charge in [0, 0.05) is 13.5 Å². The van der Waals surface area contributed by atoms with Crippen LogP contribution in [-0.2, 0) is 9.47 Å². The lowest BCUT2D eigenvalue weighted by Gasteiger charge is -2.34. The Morgan fingerprint density at radius 1 is 1.45 bits per heavy atom. The zero-order valence-electron chi connectivity index (χ0n) is 6.73. The van der Waals surface area contributed by atoms with Gasteiger partial charge >= 0.3 is 0 Å². The first-order chi connectivity index (χ1) is 5.15. The molecular weight excluding hydrogens is 148 g/mol. The van der Waals surface area contributed by atoms with Crippen LogP contribution in [0.5, 0.6) is 0 Å². The lowest BCUT2D eigenvalue weighted by Crippen LogP contribution is -2.48. The summed E-state index contributed by atoms with van der Waals surface area (Å²) in [6.45, 7) is 1.80. The summed E-state index contributed by atoms with van der Waals surface area (Å²) in [4.78, 5) is 0. The van der Waals surface area contributed by atoms with Gasteiger partial charge in [-0.1, -0.05) is 0 Å². The Morgan fingerprint density at radius 2 is 2.09 bits per heavy atom. The summed E-state index contributed by atoms with van der Waals surface area (Å²) in [6, 6.07) is 0. The summed E-state index contributed by atoms with van der Waals surface area (Å²) in [7, 11) is 1.44. The first-order valence-corrected chi connectivity index (χ1v) is 3.69. The molecule has 1 heterocycles. The predicted molar refractivity (Wildman–Crippen MR) is 38.0 cm³/mol. The Balaban J connectivity index is 2.52. The van der Waals surface area contributed by atoms with Gasteiger partial charge < -0.3 is 19.7 Å². The predicted octanol–water partition coefficient (Wildman–Crippen LogP) is -0.510. The molecule has 0 aromatic carbocycles. The van der Waals surface area contributed by atoms with E-state index in [-0.39, 0.29) is 6.10 Å². The molecule has 4 atom stereocenters. The third-order valence-electron chi connectivity index (χ3n) is 1.88. The van der Waals surface area contributed by atoms with E-state index in [9.17, 15) is 10.2 Å². The van der Waals surface area contributed by atoms with Gasteiger partial charge in [-0.25, -0.2) is 0 Å². The van der Waals surface area contributed by atoms with Crippen molar-refractivity contribution < 1.29 is 19.7 Å². The molecule has 0 amide bonds. The molecule has 2 N–H and O–H groups in total. The fourth-order valence-electron chi connectivity index (χ4n) is 1.31. The third kappa shape index (κ3) is 1.90. The maximum Gasteiger partial charge on any atom is 0.183 e. The van der Waals surface area contributed by atoms with Gasteiger partial charge in [0.05, 0.1) is 12.2 Å². The fourth-order valence-corrected chi connectivity index (χ4v) is 1.31. The van der Waals surface area contributed by atoms with Gasteiger partial charge in [-0.05, 0) is 6.92 Å². The standard InChI is InChI=1S/C7H14O4/c1-4-3-5(8)6(10-2)7(9)11-4/h4-9H,3H2,1-2H3/t4-,5+,6-,7+/m1/s1. The number of rotatable bonds is 1. The van der Waals surface area contributed by atoms with E-state index in [1.165, 1.54) is 7.11 Å². The molecule has 1 rings (SSSR count). The molecule has 1 saturated heterocycles. The van der Waals surface area contributed by atoms with Gasteiger partial charge in [-0.15, -0.1) is 0 Å². The van der Waals surface area contributed by atoms with Crippen LogP contribution in [-0.4, -0.2) is 41.9 Å². The summed E-state index contributed by atoms with van der Waals surface area (Å²) in [5, 5.41) is 18.5. The second-order valence-electron chi connectivity index (χ2n) is 2.84. The topological polar surface area (TPSA) is 58.9 Å². The van der Waals surface area contributed by atoms with Gasteiger partial charge in [0.25, 0.3) is 0 Å². The number of hydrogen-bond donors (Lipinski definition) is 2. The summed E-state index contributed by atoms with van der Waals surface area (Å²) < 4.78 is 9.87. The molecule has 4 nitrogen and oxygen atoms in total. The molecule has 1 fully saturated rings. The largest absolute Gasteiger partial charge is 0.390 e. The summed E-state index contributed by atoms with van der Waals surface area (Å²) >= 11 is 0. The summed E-state index contributed by atoms with van der Waals surface area (Å²) in [6.07, 6.45) is -1.83. The summed E-state index contributed by atoms with van der Waals surface area (Å²) in [5.41, 5.74) is 0. The molecule has 0 bridgehead atoms. The Kier molecular flexibility index (Phi) is 2.84. The van der Waals surface area contributed by atoms with Crippen molar-refractivity contribution in [1.82, 2.24) is 0 Å². The van der Waals surface area contributed by atoms with Crippen molar-refractivity contribution in [1.29, 1.82) is 0 Å². The Hall–Kier alpha value is -0.160. The molecule has 0 spiro atoms. The van der Waals surface area contributed by atoms with Crippen LogP contribution in [0, 0.1) is 0 Å². The molecule has 11 heavy (non-hydrogen) atoms. The molecular formula is C7H14O4. The highest BCUT2D eigenvalue weighted by atomic mass is 16.6. The molecule has 1 aliphatic rings. The molecule has 0 aliphatic carbocycles. The van der Waals surface area contributed by atoms with E-state index in [4.69, 9.17) is 9.47 Å². The molecule has 66 valence electrons. The van der Waals surface area contributed by atoms with Crippen molar-refractivity contribution in [2.45, 2.75) is 37.9 Å². The van der Waals surface area contributed by atoms with E-state index in [0.717, 1.165) is 0 Å². The highest BCUT2D eigenvalue weighted by Crippen LogP contribution is 2.20. The minimum absolute atomic E-state index is 0.105. The second kappa shape index (κ2) is 3.49. The van der Waals surface area contributed by atoms with Crippen molar-refractivity contribution in [3.63, 3.8) is 0 Å². The van der Waals surface area contributed by atoms with Crippen LogP contribution >= 0.6 is 0 Å². The molecule has 0 saturated carbocycles. The van der Waals surface area contributed by atoms with Crippen molar-refractivity contribution in [3.8, 4) is 0 Å². The van der Waals surface area contributed by atoms with Crippen molar-refractivity contribution in [3.05, 3.63) is 0 Å². The average Bonchev–Trinajstić information content (AvgIpc) is 1.85. The SMILES string of the molecule is CO[C@@H]1[C@@H](O)C[C@@H](C)O[C@@H]1O. The second-order valence-corrected chi connectivity index (χ2v) is 2.84. The van der Waals surface area contributed by atoms with Gasteiger partial charge in [0.15, 0.2) is 6.29 Å². The first-order valence-electron chi connectivity index (χ1n) is 3.69. The smallest absolute Gasteiger partial charge is 0.183 e. The summed E-state index contributed by atoms with van der Waals surface area (Å²) in [5.74, 6) is 0. The fraction of sp³-hybridized carbons (Fsp3) is 1.00. The normalized spacial score (nSPS) is 45.8. The van der Waals surface area contributed by atoms with E-state index in [2.05, 4.69) is 0 Å². The Bertz CT molecular complexity index is 116. The zero-order valence-corrected chi connectivity index (χ0v) is 6.73. The molecule has 0 aromatic rings. The lowest BCUT2D eigenvalue weighted by molar-refractivity contribution is -0.249. The number of hydrogen-bond acceptors (Lipinski definition) is 4. The minimum Gasteiger partial charge on any atom is -0.390 e. The number of ether oxygens (including phenoxy) is 2. The van der Waals surface area contributed by atoms with E-state index in [1.54, 1.807) is 6.92 Å². The van der Waals surface area contributed by atoms with Crippen LogP contribution in [0.25, 0.3) is 0 Å². The molecule has 4 heteroatoms. The minimum atomic E-state index is -1.00. The van der Waals surface area contributed by atoms with E-state index in [1.807, 2.05) is 0 Å².